The topological polar surface area (TPSA) is 78.8 Å². The zero-order valence-electron chi connectivity index (χ0n) is 12.9. The summed E-state index contributed by atoms with van der Waals surface area (Å²) < 4.78 is 0. The van der Waals surface area contributed by atoms with Gasteiger partial charge >= 0.3 is 0 Å². The average Bonchev–Trinajstić information content (AvgIpc) is 2.64. The largest absolute Gasteiger partial charge is 0.506 e. The van der Waals surface area contributed by atoms with Crippen LogP contribution in [0.4, 0.5) is 0 Å². The number of halogens is 1. The first-order valence-electron chi connectivity index (χ1n) is 7.39. The highest BCUT2D eigenvalue weighted by Gasteiger charge is 2.08. The number of nitrogens with one attached hydrogen (secondary N) is 1. The Morgan fingerprint density at radius 3 is 2.40 bits per heavy atom. The Kier molecular flexibility index (Phi) is 4.77. The van der Waals surface area contributed by atoms with E-state index < -0.39 is 5.91 Å². The number of hydrogen-bond acceptors (Lipinski definition) is 4. The van der Waals surface area contributed by atoms with Gasteiger partial charge in [-0.3, -0.25) is 9.59 Å². The maximum atomic E-state index is 12.1. The Balaban J connectivity index is 1.83. The minimum Gasteiger partial charge on any atom is -0.506 e. The number of hydrazone groups is 1. The molecular formula is C19H13ClN2O3. The van der Waals surface area contributed by atoms with E-state index in [1.165, 1.54) is 24.4 Å². The lowest BCUT2D eigenvalue weighted by Crippen LogP contribution is -2.17. The van der Waals surface area contributed by atoms with Gasteiger partial charge in [-0.2, -0.15) is 5.10 Å². The minimum absolute atomic E-state index is 0.0899. The number of rotatable bonds is 4. The summed E-state index contributed by atoms with van der Waals surface area (Å²) in [4.78, 5) is 23.2. The molecule has 0 unspecified atom stereocenters. The fourth-order valence-electron chi connectivity index (χ4n) is 2.43. The molecule has 0 saturated carbocycles. The molecule has 0 atom stereocenters. The lowest BCUT2D eigenvalue weighted by atomic mass is 10.0. The Labute approximate surface area is 148 Å². The first-order valence-corrected chi connectivity index (χ1v) is 7.77. The molecule has 0 radical (unpaired) electrons. The van der Waals surface area contributed by atoms with Gasteiger partial charge in [-0.05, 0) is 29.0 Å². The molecule has 0 bridgehead atoms. The minimum atomic E-state index is -0.452. The third-order valence-corrected chi connectivity index (χ3v) is 4.00. The molecule has 25 heavy (non-hydrogen) atoms. The number of amides is 1. The van der Waals surface area contributed by atoms with E-state index in [0.717, 1.165) is 22.6 Å². The number of aromatic hydroxyl groups is 1. The van der Waals surface area contributed by atoms with Crippen molar-refractivity contribution in [2.24, 2.45) is 5.10 Å². The van der Waals surface area contributed by atoms with Gasteiger partial charge in [0.2, 0.25) is 0 Å². The van der Waals surface area contributed by atoms with E-state index in [4.69, 9.17) is 11.6 Å². The smallest absolute Gasteiger partial charge is 0.271 e. The first kappa shape index (κ1) is 16.7. The van der Waals surface area contributed by atoms with Crippen molar-refractivity contribution in [1.29, 1.82) is 0 Å². The predicted octanol–water partition coefficient (Wildman–Crippen LogP) is 3.78. The fraction of sp³-hybridized carbons (Fsp3) is 0. The summed E-state index contributed by atoms with van der Waals surface area (Å²) >= 11 is 5.78. The second-order valence-electron chi connectivity index (χ2n) is 5.27. The Hall–Kier alpha value is -3.18. The van der Waals surface area contributed by atoms with Gasteiger partial charge in [-0.25, -0.2) is 5.43 Å². The number of phenols is 1. The van der Waals surface area contributed by atoms with Gasteiger partial charge in [0.15, 0.2) is 6.29 Å². The van der Waals surface area contributed by atoms with Crippen LogP contribution >= 0.6 is 11.6 Å². The molecule has 0 saturated heterocycles. The number of nitrogens with zero attached hydrogens (tertiary/aromatic N) is 1. The van der Waals surface area contributed by atoms with E-state index in [9.17, 15) is 14.7 Å². The summed E-state index contributed by atoms with van der Waals surface area (Å²) in [5.74, 6) is -0.546. The molecule has 5 nitrogen and oxygen atoms in total. The van der Waals surface area contributed by atoms with Gasteiger partial charge in [-0.15, -0.1) is 0 Å². The quantitative estimate of drug-likeness (QED) is 0.426. The van der Waals surface area contributed by atoms with E-state index in [-0.39, 0.29) is 16.3 Å². The molecule has 1 amide bonds. The van der Waals surface area contributed by atoms with Crippen LogP contribution in [0.2, 0.25) is 5.02 Å². The molecule has 0 heterocycles. The summed E-state index contributed by atoms with van der Waals surface area (Å²) in [6, 6.07) is 15.1. The number of carbonyl (C=O) groups is 2. The number of phenolic OH excluding ortho intramolecular Hbond substituents is 1. The van der Waals surface area contributed by atoms with Gasteiger partial charge in [0.1, 0.15) is 5.75 Å². The van der Waals surface area contributed by atoms with Crippen LogP contribution in [0.1, 0.15) is 26.3 Å². The molecule has 2 N–H and O–H groups in total. The zero-order valence-corrected chi connectivity index (χ0v) is 13.7. The number of hydrogen-bond donors (Lipinski definition) is 2. The molecule has 0 aliphatic heterocycles. The van der Waals surface area contributed by atoms with E-state index in [1.807, 2.05) is 24.3 Å². The van der Waals surface area contributed by atoms with Crippen molar-refractivity contribution >= 4 is 40.8 Å². The Morgan fingerprint density at radius 2 is 1.72 bits per heavy atom. The maximum Gasteiger partial charge on any atom is 0.271 e. The maximum absolute atomic E-state index is 12.1. The van der Waals surface area contributed by atoms with E-state index in [0.29, 0.717) is 5.56 Å². The fourth-order valence-corrected chi connectivity index (χ4v) is 2.61. The molecular weight excluding hydrogens is 340 g/mol. The predicted molar refractivity (Wildman–Crippen MR) is 97.5 cm³/mol. The molecule has 0 fully saturated rings. The van der Waals surface area contributed by atoms with Crippen molar-refractivity contribution in [3.63, 3.8) is 0 Å². The van der Waals surface area contributed by atoms with Crippen LogP contribution in [0.3, 0.4) is 0 Å². The second kappa shape index (κ2) is 7.15. The van der Waals surface area contributed by atoms with E-state index in [2.05, 4.69) is 10.5 Å². The third kappa shape index (κ3) is 3.51. The molecule has 3 aromatic carbocycles. The van der Waals surface area contributed by atoms with Crippen molar-refractivity contribution in [3.8, 4) is 5.75 Å². The molecule has 0 spiro atoms. The van der Waals surface area contributed by atoms with Crippen molar-refractivity contribution in [3.05, 3.63) is 76.3 Å². The SMILES string of the molecule is O=Cc1ccc(/C=N/NC(=O)c2ccc(O)c(Cl)c2)c2ccccc12. The number of fused-ring (bicyclic) bond motifs is 1. The summed E-state index contributed by atoms with van der Waals surface area (Å²) in [6.45, 7) is 0. The van der Waals surface area contributed by atoms with Crippen LogP contribution in [0.15, 0.2) is 59.7 Å². The third-order valence-electron chi connectivity index (χ3n) is 3.70. The van der Waals surface area contributed by atoms with Crippen molar-refractivity contribution in [2.45, 2.75) is 0 Å². The molecule has 0 aromatic heterocycles. The van der Waals surface area contributed by atoms with E-state index in [1.54, 1.807) is 12.1 Å². The van der Waals surface area contributed by atoms with Gasteiger partial charge in [0, 0.05) is 16.7 Å². The number of carbonyl (C=O) groups excluding carboxylic acids is 2. The Bertz CT molecular complexity index is 999. The highest BCUT2D eigenvalue weighted by atomic mass is 35.5. The first-order chi connectivity index (χ1) is 12.1. The average molecular weight is 353 g/mol. The molecule has 124 valence electrons. The normalized spacial score (nSPS) is 10.9. The summed E-state index contributed by atoms with van der Waals surface area (Å²) in [6.07, 6.45) is 2.32. The van der Waals surface area contributed by atoms with Crippen LogP contribution in [0, 0.1) is 0 Å². The molecule has 0 aliphatic rings. The number of benzene rings is 3. The summed E-state index contributed by atoms with van der Waals surface area (Å²) in [5.41, 5.74) is 4.05. The van der Waals surface area contributed by atoms with E-state index >= 15 is 0 Å². The van der Waals surface area contributed by atoms with Crippen LogP contribution in [-0.4, -0.2) is 23.5 Å². The van der Waals surface area contributed by atoms with Crippen molar-refractivity contribution < 1.29 is 14.7 Å². The van der Waals surface area contributed by atoms with Crippen molar-refractivity contribution in [1.82, 2.24) is 5.43 Å². The molecule has 3 rings (SSSR count). The van der Waals surface area contributed by atoms with Crippen LogP contribution in [0.25, 0.3) is 10.8 Å². The molecule has 3 aromatic rings. The van der Waals surface area contributed by atoms with Crippen LogP contribution in [-0.2, 0) is 0 Å². The summed E-state index contributed by atoms with van der Waals surface area (Å²) in [5, 5.41) is 15.1. The Morgan fingerprint density at radius 1 is 1.04 bits per heavy atom. The number of aldehydes is 1. The highest BCUT2D eigenvalue weighted by molar-refractivity contribution is 6.32. The zero-order chi connectivity index (χ0) is 17.8. The molecule has 0 aliphatic carbocycles. The summed E-state index contributed by atoms with van der Waals surface area (Å²) in [7, 11) is 0. The lowest BCUT2D eigenvalue weighted by molar-refractivity contribution is 0.0955. The standard InChI is InChI=1S/C19H13ClN2O3/c20-17-9-12(7-8-18(17)24)19(25)22-21-10-13-5-6-14(11-23)16-4-2-1-3-15(13)16/h1-11,24H,(H,22,25)/b21-10+. The van der Waals surface area contributed by atoms with Gasteiger partial charge < -0.3 is 5.11 Å². The monoisotopic (exact) mass is 352 g/mol. The second-order valence-corrected chi connectivity index (χ2v) is 5.68. The van der Waals surface area contributed by atoms with Crippen LogP contribution in [0.5, 0.6) is 5.75 Å². The van der Waals surface area contributed by atoms with Gasteiger partial charge in [-0.1, -0.05) is 48.0 Å². The van der Waals surface area contributed by atoms with Crippen LogP contribution < -0.4 is 5.43 Å². The lowest BCUT2D eigenvalue weighted by Gasteiger charge is -2.05. The van der Waals surface area contributed by atoms with Gasteiger partial charge in [0.25, 0.3) is 5.91 Å². The van der Waals surface area contributed by atoms with Gasteiger partial charge in [0.05, 0.1) is 11.2 Å². The highest BCUT2D eigenvalue weighted by Crippen LogP contribution is 2.23. The van der Waals surface area contributed by atoms with Crippen molar-refractivity contribution in [2.75, 3.05) is 0 Å². The molecule has 6 heteroatoms.